The molecule has 0 heterocycles. The number of rotatable bonds is 4. The number of methoxy groups -OCH3 is 1. The first-order valence-corrected chi connectivity index (χ1v) is 5.99. The van der Waals surface area contributed by atoms with Crippen LogP contribution in [0.25, 0.3) is 0 Å². The highest BCUT2D eigenvalue weighted by Gasteiger charge is 2.22. The fraction of sp³-hybridized carbons (Fsp3) is 0.429. The van der Waals surface area contributed by atoms with E-state index in [4.69, 9.17) is 0 Å². The number of benzene rings is 1. The highest BCUT2D eigenvalue weighted by Crippen LogP contribution is 2.22. The molecule has 0 aliphatic carbocycles. The lowest BCUT2D eigenvalue weighted by molar-refractivity contribution is -0.144. The Hall–Kier alpha value is -2.04. The Morgan fingerprint density at radius 1 is 1.32 bits per heavy atom. The van der Waals surface area contributed by atoms with Crippen molar-refractivity contribution in [3.63, 3.8) is 0 Å². The van der Waals surface area contributed by atoms with E-state index < -0.39 is 12.0 Å². The van der Waals surface area contributed by atoms with Crippen LogP contribution < -0.4 is 5.32 Å². The number of esters is 1. The zero-order chi connectivity index (χ0) is 14.6. The Morgan fingerprint density at radius 2 is 1.84 bits per heavy atom. The number of amides is 1. The van der Waals surface area contributed by atoms with Crippen molar-refractivity contribution in [3.8, 4) is 5.75 Å². The molecule has 1 amide bonds. The molecule has 5 nitrogen and oxygen atoms in total. The average Bonchev–Trinajstić information content (AvgIpc) is 2.30. The minimum atomic E-state index is -0.718. The van der Waals surface area contributed by atoms with Crippen LogP contribution in [-0.2, 0) is 20.7 Å². The van der Waals surface area contributed by atoms with Crippen LogP contribution in [0.3, 0.4) is 0 Å². The number of hydrogen-bond donors (Lipinski definition) is 2. The van der Waals surface area contributed by atoms with Crippen molar-refractivity contribution in [1.82, 2.24) is 5.32 Å². The topological polar surface area (TPSA) is 75.6 Å². The molecule has 19 heavy (non-hydrogen) atoms. The lowest BCUT2D eigenvalue weighted by Gasteiger charge is -2.18. The van der Waals surface area contributed by atoms with Crippen LogP contribution in [-0.4, -0.2) is 30.1 Å². The van der Waals surface area contributed by atoms with E-state index in [0.717, 1.165) is 16.7 Å². The molecule has 104 valence electrons. The van der Waals surface area contributed by atoms with E-state index in [-0.39, 0.29) is 11.7 Å². The zero-order valence-corrected chi connectivity index (χ0v) is 11.6. The van der Waals surface area contributed by atoms with Crippen molar-refractivity contribution in [2.75, 3.05) is 7.11 Å². The SMILES string of the molecule is COC(=O)[C@H](Cc1c(C)cc(O)cc1C)NC(C)=O. The second-order valence-corrected chi connectivity index (χ2v) is 4.54. The largest absolute Gasteiger partial charge is 0.508 e. The molecule has 0 radical (unpaired) electrons. The normalized spacial score (nSPS) is 11.8. The van der Waals surface area contributed by atoms with E-state index in [0.29, 0.717) is 6.42 Å². The number of nitrogens with one attached hydrogen (secondary N) is 1. The van der Waals surface area contributed by atoms with Gasteiger partial charge in [-0.25, -0.2) is 4.79 Å². The number of phenolic OH excluding ortho intramolecular Hbond substituents is 1. The van der Waals surface area contributed by atoms with Gasteiger partial charge in [0.15, 0.2) is 0 Å². The molecule has 0 saturated carbocycles. The van der Waals surface area contributed by atoms with Gasteiger partial charge < -0.3 is 15.2 Å². The van der Waals surface area contributed by atoms with Crippen molar-refractivity contribution in [3.05, 3.63) is 28.8 Å². The maximum atomic E-state index is 11.7. The van der Waals surface area contributed by atoms with Gasteiger partial charge in [-0.1, -0.05) is 0 Å². The second kappa shape index (κ2) is 6.22. The third-order valence-electron chi connectivity index (χ3n) is 2.95. The molecule has 5 heteroatoms. The van der Waals surface area contributed by atoms with E-state index in [1.165, 1.54) is 14.0 Å². The van der Waals surface area contributed by atoms with Gasteiger partial charge >= 0.3 is 5.97 Å². The quantitative estimate of drug-likeness (QED) is 0.803. The average molecular weight is 265 g/mol. The molecule has 0 unspecified atom stereocenters. The molecule has 2 N–H and O–H groups in total. The molecule has 0 saturated heterocycles. The van der Waals surface area contributed by atoms with Gasteiger partial charge in [0.2, 0.25) is 5.91 Å². The Balaban J connectivity index is 3.02. The molecule has 0 bridgehead atoms. The lowest BCUT2D eigenvalue weighted by Crippen LogP contribution is -2.42. The number of hydrogen-bond acceptors (Lipinski definition) is 4. The fourth-order valence-corrected chi connectivity index (χ4v) is 2.08. The Kier molecular flexibility index (Phi) is 4.92. The van der Waals surface area contributed by atoms with Gasteiger partial charge in [0, 0.05) is 13.3 Å². The fourth-order valence-electron chi connectivity index (χ4n) is 2.08. The summed E-state index contributed by atoms with van der Waals surface area (Å²) in [6, 6.07) is 2.54. The molecular formula is C14H19NO4. The summed E-state index contributed by atoms with van der Waals surface area (Å²) in [7, 11) is 1.29. The molecule has 0 spiro atoms. The van der Waals surface area contributed by atoms with E-state index in [2.05, 4.69) is 10.1 Å². The Labute approximate surface area is 112 Å². The summed E-state index contributed by atoms with van der Waals surface area (Å²) >= 11 is 0. The van der Waals surface area contributed by atoms with Gasteiger partial charge in [0.05, 0.1) is 7.11 Å². The molecule has 0 aromatic heterocycles. The van der Waals surface area contributed by atoms with Crippen LogP contribution in [0.1, 0.15) is 23.6 Å². The lowest BCUT2D eigenvalue weighted by atomic mass is 9.96. The van der Waals surface area contributed by atoms with Gasteiger partial charge in [-0.3, -0.25) is 4.79 Å². The zero-order valence-electron chi connectivity index (χ0n) is 11.6. The molecule has 1 aromatic carbocycles. The minimum absolute atomic E-state index is 0.188. The van der Waals surface area contributed by atoms with Crippen molar-refractivity contribution in [2.24, 2.45) is 0 Å². The Bertz CT molecular complexity index is 473. The standard InChI is InChI=1S/C14H19NO4/c1-8-5-11(17)6-9(2)12(8)7-13(14(18)19-4)15-10(3)16/h5-6,13,17H,7H2,1-4H3,(H,15,16)/t13-/m0/s1. The van der Waals surface area contributed by atoms with Gasteiger partial charge in [0.1, 0.15) is 11.8 Å². The predicted molar refractivity (Wildman–Crippen MR) is 70.9 cm³/mol. The maximum Gasteiger partial charge on any atom is 0.328 e. The third-order valence-corrected chi connectivity index (χ3v) is 2.95. The van der Waals surface area contributed by atoms with Crippen LogP contribution in [0.5, 0.6) is 5.75 Å². The number of aryl methyl sites for hydroxylation is 2. The van der Waals surface area contributed by atoms with Crippen molar-refractivity contribution < 1.29 is 19.4 Å². The van der Waals surface area contributed by atoms with Crippen LogP contribution in [0, 0.1) is 13.8 Å². The molecule has 1 atom stereocenters. The highest BCUT2D eigenvalue weighted by atomic mass is 16.5. The first-order valence-electron chi connectivity index (χ1n) is 5.99. The highest BCUT2D eigenvalue weighted by molar-refractivity contribution is 5.83. The van der Waals surface area contributed by atoms with Gasteiger partial charge in [-0.15, -0.1) is 0 Å². The van der Waals surface area contributed by atoms with Crippen LogP contribution >= 0.6 is 0 Å². The second-order valence-electron chi connectivity index (χ2n) is 4.54. The molecule has 0 aliphatic rings. The summed E-state index contributed by atoms with van der Waals surface area (Å²) < 4.78 is 4.69. The minimum Gasteiger partial charge on any atom is -0.508 e. The van der Waals surface area contributed by atoms with Crippen molar-refractivity contribution >= 4 is 11.9 Å². The van der Waals surface area contributed by atoms with Crippen molar-refractivity contribution in [1.29, 1.82) is 0 Å². The van der Waals surface area contributed by atoms with Gasteiger partial charge in [0.25, 0.3) is 0 Å². The summed E-state index contributed by atoms with van der Waals surface area (Å²) in [6.07, 6.45) is 0.337. The number of ether oxygens (including phenoxy) is 1. The Morgan fingerprint density at radius 3 is 2.26 bits per heavy atom. The van der Waals surface area contributed by atoms with Crippen LogP contribution in [0.4, 0.5) is 0 Å². The van der Waals surface area contributed by atoms with Gasteiger partial charge in [-0.2, -0.15) is 0 Å². The van der Waals surface area contributed by atoms with E-state index in [9.17, 15) is 14.7 Å². The van der Waals surface area contributed by atoms with Crippen molar-refractivity contribution in [2.45, 2.75) is 33.2 Å². The van der Waals surface area contributed by atoms with Crippen LogP contribution in [0.15, 0.2) is 12.1 Å². The molecular weight excluding hydrogens is 246 g/mol. The van der Waals surface area contributed by atoms with Crippen LogP contribution in [0.2, 0.25) is 0 Å². The summed E-state index contributed by atoms with van der Waals surface area (Å²) in [4.78, 5) is 22.8. The van der Waals surface area contributed by atoms with E-state index in [1.54, 1.807) is 12.1 Å². The summed E-state index contributed by atoms with van der Waals surface area (Å²) in [5, 5.41) is 12.1. The first-order chi connectivity index (χ1) is 8.85. The molecule has 1 rings (SSSR count). The molecule has 0 fully saturated rings. The number of carbonyl (C=O) groups excluding carboxylic acids is 2. The maximum absolute atomic E-state index is 11.7. The van der Waals surface area contributed by atoms with Gasteiger partial charge in [-0.05, 0) is 42.7 Å². The monoisotopic (exact) mass is 265 g/mol. The third kappa shape index (κ3) is 3.98. The number of phenols is 1. The summed E-state index contributed by atoms with van der Waals surface area (Å²) in [6.45, 7) is 5.06. The molecule has 0 aliphatic heterocycles. The summed E-state index contributed by atoms with van der Waals surface area (Å²) in [5.41, 5.74) is 2.66. The molecule has 1 aromatic rings. The van der Waals surface area contributed by atoms with E-state index >= 15 is 0 Å². The number of aromatic hydroxyl groups is 1. The smallest absolute Gasteiger partial charge is 0.328 e. The number of carbonyl (C=O) groups is 2. The first kappa shape index (κ1) is 15.0. The summed E-state index contributed by atoms with van der Waals surface area (Å²) in [5.74, 6) is -0.584. The van der Waals surface area contributed by atoms with E-state index in [1.807, 2.05) is 13.8 Å². The predicted octanol–water partition coefficient (Wildman–Crippen LogP) is 1.23.